The predicted octanol–water partition coefficient (Wildman–Crippen LogP) is -2.88. The monoisotopic (exact) mass is 269 g/mol. The van der Waals surface area contributed by atoms with Crippen LogP contribution in [0.2, 0.25) is 0 Å². The van der Waals surface area contributed by atoms with Crippen LogP contribution in [0.4, 0.5) is 0 Å². The highest BCUT2D eigenvalue weighted by Gasteiger charge is 2.00. The first-order valence-electron chi connectivity index (χ1n) is 5.89. The van der Waals surface area contributed by atoms with Gasteiger partial charge in [-0.1, -0.05) is 0 Å². The van der Waals surface area contributed by atoms with Crippen LogP contribution in [-0.4, -0.2) is 86.1 Å². The number of ether oxygens (including phenoxy) is 2. The Balaban J connectivity index is 0. The summed E-state index contributed by atoms with van der Waals surface area (Å²) in [6, 6.07) is 0. The van der Waals surface area contributed by atoms with Gasteiger partial charge in [0.1, 0.15) is 0 Å². The number of nitrogens with zero attached hydrogens (tertiary/aromatic N) is 1. The summed E-state index contributed by atoms with van der Waals surface area (Å²) in [5.41, 5.74) is 0. The zero-order valence-corrected chi connectivity index (χ0v) is 10.8. The third-order valence-corrected chi connectivity index (χ3v) is 1.99. The van der Waals surface area contributed by atoms with Crippen molar-refractivity contribution < 1.29 is 24.8 Å². The van der Waals surface area contributed by atoms with Gasteiger partial charge in [0.2, 0.25) is 0 Å². The molecule has 8 nitrogen and oxygen atoms in total. The van der Waals surface area contributed by atoms with E-state index in [0.717, 1.165) is 26.4 Å². The third kappa shape index (κ3) is 15.7. The van der Waals surface area contributed by atoms with E-state index in [1.54, 1.807) is 4.90 Å². The Morgan fingerprint density at radius 2 is 1.00 bits per heavy atom. The van der Waals surface area contributed by atoms with Gasteiger partial charge in [-0.15, -0.1) is 0 Å². The maximum Gasteiger partial charge on any atom is 0.0701 e. The predicted molar refractivity (Wildman–Crippen MR) is 67.7 cm³/mol. The highest BCUT2D eigenvalue weighted by molar-refractivity contribution is 4.54. The van der Waals surface area contributed by atoms with Gasteiger partial charge < -0.3 is 24.8 Å². The lowest BCUT2D eigenvalue weighted by atomic mass is 10.4. The van der Waals surface area contributed by atoms with Gasteiger partial charge in [-0.25, -0.2) is 0 Å². The summed E-state index contributed by atoms with van der Waals surface area (Å²) >= 11 is 0. The molecule has 18 heavy (non-hydrogen) atoms. The van der Waals surface area contributed by atoms with E-state index < -0.39 is 0 Å². The minimum atomic E-state index is 0.0694. The Morgan fingerprint density at radius 1 is 0.722 bits per heavy atom. The van der Waals surface area contributed by atoms with E-state index in [4.69, 9.17) is 24.8 Å². The largest absolute Gasteiger partial charge is 0.395 e. The molecule has 0 aromatic heterocycles. The highest BCUT2D eigenvalue weighted by Crippen LogP contribution is 1.85. The molecule has 0 aliphatic carbocycles. The number of aliphatic hydroxyl groups excluding tert-OH is 3. The van der Waals surface area contributed by atoms with Crippen LogP contribution in [0.25, 0.3) is 0 Å². The van der Waals surface area contributed by atoms with Crippen LogP contribution < -0.4 is 11.7 Å². The third-order valence-electron chi connectivity index (χ3n) is 1.99. The van der Waals surface area contributed by atoms with Gasteiger partial charge in [-0.2, -0.15) is 0 Å². The minimum Gasteiger partial charge on any atom is -0.395 e. The lowest BCUT2D eigenvalue weighted by Crippen LogP contribution is -2.32. The summed E-state index contributed by atoms with van der Waals surface area (Å²) < 4.78 is 9.89. The molecule has 1 aliphatic heterocycles. The van der Waals surface area contributed by atoms with Crippen LogP contribution in [0, 0.1) is 0 Å². The fourth-order valence-corrected chi connectivity index (χ4v) is 1.20. The molecule has 1 fully saturated rings. The molecule has 0 radical (unpaired) electrons. The van der Waals surface area contributed by atoms with Gasteiger partial charge in [0, 0.05) is 19.6 Å². The first-order chi connectivity index (χ1) is 8.85. The molecule has 0 unspecified atom stereocenters. The van der Waals surface area contributed by atoms with E-state index in [1.807, 2.05) is 0 Å². The quantitative estimate of drug-likeness (QED) is 0.256. The molecule has 1 rings (SSSR count). The van der Waals surface area contributed by atoms with Gasteiger partial charge in [0.05, 0.1) is 46.2 Å². The fourth-order valence-electron chi connectivity index (χ4n) is 1.20. The molecule has 7 N–H and O–H groups in total. The molecular formula is C10H27N3O5. The molecule has 0 aromatic rings. The molecular weight excluding hydrogens is 242 g/mol. The zero-order chi connectivity index (χ0) is 14.1. The number of hydrogen-bond donors (Lipinski definition) is 5. The van der Waals surface area contributed by atoms with Crippen molar-refractivity contribution in [3.8, 4) is 0 Å². The summed E-state index contributed by atoms with van der Waals surface area (Å²) in [6.07, 6.45) is 0. The maximum absolute atomic E-state index is 8.48. The average molecular weight is 269 g/mol. The molecule has 0 amide bonds. The number of hydrogen-bond acceptors (Lipinski definition) is 8. The molecule has 1 heterocycles. The fraction of sp³-hybridized carbons (Fsp3) is 1.00. The van der Waals surface area contributed by atoms with Crippen LogP contribution in [0.15, 0.2) is 0 Å². The van der Waals surface area contributed by atoms with Crippen molar-refractivity contribution in [2.75, 3.05) is 65.9 Å². The van der Waals surface area contributed by atoms with Crippen molar-refractivity contribution in [2.45, 2.75) is 0 Å². The molecule has 0 aromatic carbocycles. The smallest absolute Gasteiger partial charge is 0.0701 e. The molecule has 0 saturated carbocycles. The Hall–Kier alpha value is -0.320. The Bertz CT molecular complexity index is 113. The van der Waals surface area contributed by atoms with E-state index in [0.29, 0.717) is 19.6 Å². The van der Waals surface area contributed by atoms with E-state index in [2.05, 4.69) is 11.7 Å². The van der Waals surface area contributed by atoms with E-state index >= 15 is 0 Å². The van der Waals surface area contributed by atoms with Crippen LogP contribution in [-0.2, 0) is 9.47 Å². The number of aliphatic hydroxyl groups is 3. The van der Waals surface area contributed by atoms with Gasteiger partial charge in [-0.05, 0) is 0 Å². The van der Waals surface area contributed by atoms with E-state index in [9.17, 15) is 0 Å². The summed E-state index contributed by atoms with van der Waals surface area (Å²) in [4.78, 5) is 1.79. The van der Waals surface area contributed by atoms with Crippen molar-refractivity contribution in [1.29, 1.82) is 0 Å². The van der Waals surface area contributed by atoms with Crippen molar-refractivity contribution >= 4 is 0 Å². The summed E-state index contributed by atoms with van der Waals surface area (Å²) in [6.45, 7) is 4.86. The lowest BCUT2D eigenvalue weighted by molar-refractivity contribution is -0.0334. The van der Waals surface area contributed by atoms with Crippen molar-refractivity contribution in [1.82, 2.24) is 4.90 Å². The Labute approximate surface area is 108 Å². The van der Waals surface area contributed by atoms with Crippen LogP contribution >= 0.6 is 0 Å². The molecule has 0 bridgehead atoms. The van der Waals surface area contributed by atoms with Crippen molar-refractivity contribution in [3.05, 3.63) is 0 Å². The zero-order valence-electron chi connectivity index (χ0n) is 10.8. The summed E-state index contributed by atoms with van der Waals surface area (Å²) in [7, 11) is 0. The van der Waals surface area contributed by atoms with Crippen molar-refractivity contribution in [2.24, 2.45) is 11.7 Å². The number of hydrazine groups is 1. The topological polar surface area (TPSA) is 134 Å². The van der Waals surface area contributed by atoms with Crippen LogP contribution in [0.1, 0.15) is 0 Å². The Morgan fingerprint density at radius 3 is 1.17 bits per heavy atom. The number of rotatable bonds is 6. The SMILES string of the molecule is C1COCCO1.NN.OCCN(CCO)CCO. The average Bonchev–Trinajstić information content (AvgIpc) is 2.45. The number of nitrogens with two attached hydrogens (primary N) is 2. The van der Waals surface area contributed by atoms with Gasteiger partial charge >= 0.3 is 0 Å². The minimum absolute atomic E-state index is 0.0694. The van der Waals surface area contributed by atoms with Gasteiger partial charge in [-0.3, -0.25) is 16.6 Å². The molecule has 1 aliphatic rings. The van der Waals surface area contributed by atoms with E-state index in [-0.39, 0.29) is 19.8 Å². The van der Waals surface area contributed by atoms with Crippen LogP contribution in [0.5, 0.6) is 0 Å². The van der Waals surface area contributed by atoms with Gasteiger partial charge in [0.15, 0.2) is 0 Å². The second-order valence-electron chi connectivity index (χ2n) is 3.24. The first-order valence-corrected chi connectivity index (χ1v) is 5.89. The van der Waals surface area contributed by atoms with Gasteiger partial charge in [0.25, 0.3) is 0 Å². The molecule has 1 saturated heterocycles. The molecule has 0 spiro atoms. The van der Waals surface area contributed by atoms with Crippen LogP contribution in [0.3, 0.4) is 0 Å². The van der Waals surface area contributed by atoms with E-state index in [1.165, 1.54) is 0 Å². The summed E-state index contributed by atoms with van der Waals surface area (Å²) in [5, 5.41) is 25.5. The Kier molecular flexibility index (Phi) is 21.2. The summed E-state index contributed by atoms with van der Waals surface area (Å²) in [5.74, 6) is 8.00. The lowest BCUT2D eigenvalue weighted by Gasteiger charge is -2.17. The second kappa shape index (κ2) is 19.0. The first kappa shape index (κ1) is 20.0. The molecule has 8 heteroatoms. The normalized spacial score (nSPS) is 14.3. The second-order valence-corrected chi connectivity index (χ2v) is 3.24. The van der Waals surface area contributed by atoms with Crippen molar-refractivity contribution in [3.63, 3.8) is 0 Å². The standard InChI is InChI=1S/C6H15NO3.C4H8O2.H4N2/c8-4-1-7(2-5-9)3-6-10;1-2-6-4-3-5-1;1-2/h8-10H,1-6H2;1-4H2;1-2H2. The maximum atomic E-state index is 8.48. The molecule has 0 atom stereocenters. The molecule has 112 valence electrons. The highest BCUT2D eigenvalue weighted by atomic mass is 16.6.